The first kappa shape index (κ1) is 13.9. The molecule has 0 aliphatic heterocycles. The second kappa shape index (κ2) is 5.97. The molecule has 96 valence electrons. The zero-order valence-electron chi connectivity index (χ0n) is 9.68. The Hall–Kier alpha value is -2.15. The number of hydrogen-bond acceptors (Lipinski definition) is 6. The fourth-order valence-electron chi connectivity index (χ4n) is 1.15. The smallest absolute Gasteiger partial charge is 0.350 e. The van der Waals surface area contributed by atoms with Crippen molar-refractivity contribution in [2.75, 3.05) is 12.4 Å². The number of methoxy groups -OCH3 is 1. The van der Waals surface area contributed by atoms with E-state index in [4.69, 9.17) is 0 Å². The largest absolute Gasteiger partial charge is 0.545 e. The van der Waals surface area contributed by atoms with Crippen molar-refractivity contribution < 1.29 is 24.2 Å². The summed E-state index contributed by atoms with van der Waals surface area (Å²) >= 11 is 1.13. The lowest BCUT2D eigenvalue weighted by Gasteiger charge is -2.04. The molecule has 1 heterocycles. The summed E-state index contributed by atoms with van der Waals surface area (Å²) in [6.45, 7) is 1.71. The zero-order valence-corrected chi connectivity index (χ0v) is 10.5. The molecule has 0 aromatic carbocycles. The van der Waals surface area contributed by atoms with Crippen LogP contribution in [0, 0.1) is 6.92 Å². The molecule has 0 aliphatic carbocycles. The average molecular weight is 268 g/mol. The van der Waals surface area contributed by atoms with Crippen LogP contribution in [0.4, 0.5) is 5.69 Å². The third-order valence-electron chi connectivity index (χ3n) is 1.96. The predicted molar refractivity (Wildman–Crippen MR) is 63.2 cm³/mol. The SMILES string of the molecule is COC(=O)c1scc(C)c1NC(=O)C=CC(=O)[O-]. The maximum absolute atomic E-state index is 11.4. The van der Waals surface area contributed by atoms with Crippen molar-refractivity contribution in [2.24, 2.45) is 0 Å². The minimum atomic E-state index is -1.47. The molecule has 0 spiro atoms. The summed E-state index contributed by atoms with van der Waals surface area (Å²) in [6, 6.07) is 0. The molecule has 1 aromatic heterocycles. The van der Waals surface area contributed by atoms with Gasteiger partial charge in [-0.15, -0.1) is 11.3 Å². The molecule has 0 fully saturated rings. The Morgan fingerprint density at radius 1 is 1.39 bits per heavy atom. The van der Waals surface area contributed by atoms with Gasteiger partial charge in [-0.25, -0.2) is 4.79 Å². The number of carbonyl (C=O) groups is 3. The first-order chi connectivity index (χ1) is 8.45. The van der Waals surface area contributed by atoms with Crippen LogP contribution in [0.3, 0.4) is 0 Å². The molecule has 0 aliphatic rings. The summed E-state index contributed by atoms with van der Waals surface area (Å²) in [7, 11) is 1.24. The summed E-state index contributed by atoms with van der Waals surface area (Å²) in [5.41, 5.74) is 1.01. The van der Waals surface area contributed by atoms with Crippen molar-refractivity contribution in [3.63, 3.8) is 0 Å². The maximum Gasteiger partial charge on any atom is 0.350 e. The Labute approximate surface area is 107 Å². The van der Waals surface area contributed by atoms with Crippen LogP contribution in [0.1, 0.15) is 15.2 Å². The second-order valence-electron chi connectivity index (χ2n) is 3.26. The van der Waals surface area contributed by atoms with E-state index in [1.807, 2.05) is 0 Å². The first-order valence-electron chi connectivity index (χ1n) is 4.82. The van der Waals surface area contributed by atoms with Gasteiger partial charge < -0.3 is 20.0 Å². The minimum Gasteiger partial charge on any atom is -0.545 e. The highest BCUT2D eigenvalue weighted by atomic mass is 32.1. The highest BCUT2D eigenvalue weighted by Crippen LogP contribution is 2.28. The van der Waals surface area contributed by atoms with Crippen LogP contribution >= 0.6 is 11.3 Å². The van der Waals surface area contributed by atoms with E-state index in [-0.39, 0.29) is 4.88 Å². The summed E-state index contributed by atoms with van der Waals surface area (Å²) in [5.74, 6) is -2.70. The number of carbonyl (C=O) groups excluding carboxylic acids is 3. The molecule has 7 heteroatoms. The summed E-state index contributed by atoms with van der Waals surface area (Å²) in [6.07, 6.45) is 1.42. The van der Waals surface area contributed by atoms with Gasteiger partial charge in [0.25, 0.3) is 0 Å². The van der Waals surface area contributed by atoms with E-state index in [0.29, 0.717) is 17.3 Å². The van der Waals surface area contributed by atoms with Gasteiger partial charge in [0.1, 0.15) is 4.88 Å². The van der Waals surface area contributed by atoms with E-state index in [9.17, 15) is 19.5 Å². The van der Waals surface area contributed by atoms with Crippen molar-refractivity contribution >= 4 is 34.9 Å². The standard InChI is InChI=1S/C11H11NO5S/c1-6-5-18-10(11(16)17-2)9(6)12-7(13)3-4-8(14)15/h3-5H,1-2H3,(H,12,13)(H,14,15)/p-1. The monoisotopic (exact) mass is 268 g/mol. The Kier molecular flexibility index (Phi) is 4.61. The average Bonchev–Trinajstić information content (AvgIpc) is 2.68. The first-order valence-corrected chi connectivity index (χ1v) is 5.70. The number of hydrogen-bond donors (Lipinski definition) is 1. The molecule has 0 unspecified atom stereocenters. The summed E-state index contributed by atoms with van der Waals surface area (Å²) in [5, 5.41) is 14.3. The summed E-state index contributed by atoms with van der Waals surface area (Å²) in [4.78, 5) is 33.2. The lowest BCUT2D eigenvalue weighted by Crippen LogP contribution is -2.20. The quantitative estimate of drug-likeness (QED) is 0.616. The molecule has 1 amide bonds. The molecule has 0 bridgehead atoms. The van der Waals surface area contributed by atoms with Crippen molar-refractivity contribution in [1.82, 2.24) is 0 Å². The van der Waals surface area contributed by atoms with Gasteiger partial charge in [-0.2, -0.15) is 0 Å². The van der Waals surface area contributed by atoms with Crippen LogP contribution in [0.25, 0.3) is 0 Å². The number of carboxylic acids is 1. The van der Waals surface area contributed by atoms with Crippen LogP contribution in [0.15, 0.2) is 17.5 Å². The van der Waals surface area contributed by atoms with Crippen LogP contribution < -0.4 is 10.4 Å². The van der Waals surface area contributed by atoms with Crippen LogP contribution in [-0.4, -0.2) is 25.0 Å². The van der Waals surface area contributed by atoms with E-state index >= 15 is 0 Å². The third-order valence-corrected chi connectivity index (χ3v) is 3.04. The lowest BCUT2D eigenvalue weighted by molar-refractivity contribution is -0.297. The fraction of sp³-hybridized carbons (Fsp3) is 0.182. The molecule has 6 nitrogen and oxygen atoms in total. The molecule has 1 N–H and O–H groups in total. The number of carboxylic acid groups (broad SMARTS) is 1. The number of thiophene rings is 1. The molecule has 18 heavy (non-hydrogen) atoms. The molecule has 0 atom stereocenters. The Morgan fingerprint density at radius 2 is 2.06 bits per heavy atom. The molecular weight excluding hydrogens is 258 g/mol. The Bertz CT molecular complexity index is 518. The minimum absolute atomic E-state index is 0.255. The highest BCUT2D eigenvalue weighted by Gasteiger charge is 2.17. The Balaban J connectivity index is 2.90. The van der Waals surface area contributed by atoms with E-state index in [1.54, 1.807) is 12.3 Å². The van der Waals surface area contributed by atoms with Gasteiger partial charge in [0, 0.05) is 6.08 Å². The van der Waals surface area contributed by atoms with Gasteiger partial charge in [0.05, 0.1) is 18.8 Å². The van der Waals surface area contributed by atoms with E-state index < -0.39 is 17.8 Å². The molecule has 0 saturated heterocycles. The normalized spacial score (nSPS) is 10.3. The van der Waals surface area contributed by atoms with Gasteiger partial charge in [-0.1, -0.05) is 0 Å². The molecule has 1 aromatic rings. The van der Waals surface area contributed by atoms with Gasteiger partial charge in [0.15, 0.2) is 0 Å². The fourth-order valence-corrected chi connectivity index (χ4v) is 2.07. The number of nitrogens with one attached hydrogen (secondary N) is 1. The van der Waals surface area contributed by atoms with E-state index in [0.717, 1.165) is 17.4 Å². The van der Waals surface area contributed by atoms with Crippen molar-refractivity contribution in [2.45, 2.75) is 6.92 Å². The Morgan fingerprint density at radius 3 is 2.61 bits per heavy atom. The van der Waals surface area contributed by atoms with Gasteiger partial charge in [-0.3, -0.25) is 4.79 Å². The second-order valence-corrected chi connectivity index (χ2v) is 4.14. The third kappa shape index (κ3) is 3.42. The van der Waals surface area contributed by atoms with Crippen LogP contribution in [0.2, 0.25) is 0 Å². The topological polar surface area (TPSA) is 95.5 Å². The van der Waals surface area contributed by atoms with Crippen LogP contribution in [0.5, 0.6) is 0 Å². The summed E-state index contributed by atoms with van der Waals surface area (Å²) < 4.78 is 4.57. The number of aliphatic carboxylic acids is 1. The van der Waals surface area contributed by atoms with Gasteiger partial charge in [-0.05, 0) is 23.9 Å². The predicted octanol–water partition coefficient (Wildman–Crippen LogP) is 0.0877. The van der Waals surface area contributed by atoms with Crippen molar-refractivity contribution in [3.8, 4) is 0 Å². The van der Waals surface area contributed by atoms with Crippen molar-refractivity contribution in [1.29, 1.82) is 0 Å². The molecular formula is C11H10NO5S-. The number of anilines is 1. The van der Waals surface area contributed by atoms with Crippen LogP contribution in [-0.2, 0) is 14.3 Å². The number of ether oxygens (including phenoxy) is 1. The van der Waals surface area contributed by atoms with E-state index in [1.165, 1.54) is 7.11 Å². The highest BCUT2D eigenvalue weighted by molar-refractivity contribution is 7.12. The number of esters is 1. The lowest BCUT2D eigenvalue weighted by atomic mass is 10.2. The number of amides is 1. The van der Waals surface area contributed by atoms with Gasteiger partial charge >= 0.3 is 5.97 Å². The maximum atomic E-state index is 11.4. The number of rotatable bonds is 4. The van der Waals surface area contributed by atoms with E-state index in [2.05, 4.69) is 10.1 Å². The molecule has 0 saturated carbocycles. The molecule has 0 radical (unpaired) electrons. The molecule has 1 rings (SSSR count). The zero-order chi connectivity index (χ0) is 13.7. The van der Waals surface area contributed by atoms with Gasteiger partial charge in [0.2, 0.25) is 5.91 Å². The number of aryl methyl sites for hydroxylation is 1. The van der Waals surface area contributed by atoms with Crippen molar-refractivity contribution in [3.05, 3.63) is 28.0 Å².